The van der Waals surface area contributed by atoms with Gasteiger partial charge in [-0.2, -0.15) is 9.50 Å². The van der Waals surface area contributed by atoms with Crippen molar-refractivity contribution in [2.75, 3.05) is 5.32 Å². The zero-order chi connectivity index (χ0) is 19.8. The highest BCUT2D eigenvalue weighted by atomic mass is 79.9. The Bertz CT molecular complexity index is 944. The zero-order valence-electron chi connectivity index (χ0n) is 15.9. The molecule has 1 aliphatic heterocycles. The van der Waals surface area contributed by atoms with E-state index in [0.29, 0.717) is 5.69 Å². The third-order valence-electron chi connectivity index (χ3n) is 4.32. The monoisotopic (exact) mass is 450 g/mol. The predicted molar refractivity (Wildman–Crippen MR) is 113 cm³/mol. The third kappa shape index (κ3) is 4.38. The molecule has 8 heteroatoms. The highest BCUT2D eigenvalue weighted by Gasteiger charge is 2.25. The summed E-state index contributed by atoms with van der Waals surface area (Å²) in [6, 6.07) is 7.39. The Morgan fingerprint density at radius 3 is 2.81 bits per heavy atom. The fourth-order valence-corrected chi connectivity index (χ4v) is 3.74. The van der Waals surface area contributed by atoms with E-state index in [-0.39, 0.29) is 5.91 Å². The highest BCUT2D eigenvalue weighted by molar-refractivity contribution is 9.10. The molecule has 0 saturated carbocycles. The molecule has 1 aliphatic rings. The number of rotatable bonds is 3. The number of hydrogen-bond acceptors (Lipinski definition) is 3. The number of carbonyl (C=O) groups excluding carboxylic acids is 1. The number of aromatic nitrogens is 2. The van der Waals surface area contributed by atoms with Crippen molar-refractivity contribution >= 4 is 44.2 Å². The number of nitrogens with zero attached hydrogens (tertiary/aromatic N) is 3. The maximum absolute atomic E-state index is 12.7. The Kier molecular flexibility index (Phi) is 5.67. The van der Waals surface area contributed by atoms with Gasteiger partial charge in [0.2, 0.25) is 0 Å². The molecule has 2 heterocycles. The molecule has 27 heavy (non-hydrogen) atoms. The summed E-state index contributed by atoms with van der Waals surface area (Å²) >= 11 is 3.47. The van der Waals surface area contributed by atoms with Crippen molar-refractivity contribution in [2.24, 2.45) is 4.40 Å². The van der Waals surface area contributed by atoms with Crippen molar-refractivity contribution in [3.05, 3.63) is 45.7 Å². The molecule has 144 valence electrons. The Morgan fingerprint density at radius 2 is 2.11 bits per heavy atom. The molecule has 0 aliphatic carbocycles. The molecular formula is C19H23BrN4O2S. The molecule has 1 aromatic carbocycles. The molecule has 1 N–H and O–H groups in total. The maximum Gasteiger partial charge on any atom is 0.276 e. The summed E-state index contributed by atoms with van der Waals surface area (Å²) in [5.41, 5.74) is 3.55. The number of aryl methyl sites for hydroxylation is 1. The summed E-state index contributed by atoms with van der Waals surface area (Å²) in [5, 5.41) is 7.34. The smallest absolute Gasteiger partial charge is 0.276 e. The first-order valence-corrected chi connectivity index (χ1v) is 10.7. The number of carbonyl (C=O) groups is 1. The van der Waals surface area contributed by atoms with Crippen molar-refractivity contribution in [1.82, 2.24) is 9.78 Å². The number of anilines is 1. The summed E-state index contributed by atoms with van der Waals surface area (Å²) in [7, 11) is -1.34. The topological polar surface area (TPSA) is 76.3 Å². The molecule has 0 radical (unpaired) electrons. The first-order chi connectivity index (χ1) is 12.7. The fourth-order valence-electron chi connectivity index (χ4n) is 2.71. The molecule has 2 aromatic rings. The van der Waals surface area contributed by atoms with Crippen molar-refractivity contribution in [1.29, 1.82) is 0 Å². The zero-order valence-corrected chi connectivity index (χ0v) is 18.3. The van der Waals surface area contributed by atoms with Crippen LogP contribution in [0, 0.1) is 6.92 Å². The normalized spacial score (nSPS) is 16.9. The molecule has 6 nitrogen and oxygen atoms in total. The Morgan fingerprint density at radius 1 is 1.37 bits per heavy atom. The standard InChI is InChI=1S/C19H23BrN4O2S/c1-12-13(20)7-5-8-14(12)21-18(25)16-11-17-15(9-6-10-24(17)22-16)23-27(26)19(2,3)4/h5,7-8,11H,6,9-10H2,1-4H3,(H,21,25)/b23-15+/t27-/m0/s1. The summed E-state index contributed by atoms with van der Waals surface area (Å²) in [4.78, 5) is 12.7. The van der Waals surface area contributed by atoms with E-state index in [1.807, 2.05) is 45.9 Å². The number of amides is 1. The molecule has 0 unspecified atom stereocenters. The van der Waals surface area contributed by atoms with Gasteiger partial charge in [0.15, 0.2) is 5.69 Å². The van der Waals surface area contributed by atoms with Crippen LogP contribution in [0.25, 0.3) is 0 Å². The second-order valence-corrected chi connectivity index (χ2v) is 10.3. The predicted octanol–water partition coefficient (Wildman–Crippen LogP) is 4.25. The van der Waals surface area contributed by atoms with Gasteiger partial charge >= 0.3 is 0 Å². The van der Waals surface area contributed by atoms with Gasteiger partial charge in [-0.15, -0.1) is 0 Å². The van der Waals surface area contributed by atoms with Crippen molar-refractivity contribution in [3.8, 4) is 0 Å². The molecule has 1 atom stereocenters. The lowest BCUT2D eigenvalue weighted by Crippen LogP contribution is -2.24. The van der Waals surface area contributed by atoms with Crippen LogP contribution in [0.15, 0.2) is 33.1 Å². The summed E-state index contributed by atoms with van der Waals surface area (Å²) in [6.07, 6.45) is 1.60. The van der Waals surface area contributed by atoms with Gasteiger partial charge in [-0.05, 0) is 64.3 Å². The Hall–Kier alpha value is -1.80. The van der Waals surface area contributed by atoms with E-state index in [2.05, 4.69) is 30.7 Å². The van der Waals surface area contributed by atoms with Gasteiger partial charge in [-0.1, -0.05) is 22.0 Å². The first-order valence-electron chi connectivity index (χ1n) is 8.81. The minimum atomic E-state index is -1.34. The van der Waals surface area contributed by atoms with E-state index in [0.717, 1.165) is 46.5 Å². The maximum atomic E-state index is 12.7. The summed E-state index contributed by atoms with van der Waals surface area (Å²) in [6.45, 7) is 8.34. The molecule has 0 saturated heterocycles. The Balaban J connectivity index is 1.88. The van der Waals surface area contributed by atoms with E-state index in [1.54, 1.807) is 10.7 Å². The van der Waals surface area contributed by atoms with E-state index in [4.69, 9.17) is 0 Å². The van der Waals surface area contributed by atoms with Crippen LogP contribution in [-0.4, -0.2) is 30.4 Å². The first kappa shape index (κ1) is 19.9. The van der Waals surface area contributed by atoms with Crippen LogP contribution in [0.5, 0.6) is 0 Å². The van der Waals surface area contributed by atoms with E-state index >= 15 is 0 Å². The quantitative estimate of drug-likeness (QED) is 0.758. The fraction of sp³-hybridized carbons (Fsp3) is 0.421. The summed E-state index contributed by atoms with van der Waals surface area (Å²) in [5.74, 6) is -0.269. The van der Waals surface area contributed by atoms with Gasteiger partial charge in [0.25, 0.3) is 5.91 Å². The highest BCUT2D eigenvalue weighted by Crippen LogP contribution is 2.25. The minimum Gasteiger partial charge on any atom is -0.320 e. The number of nitrogens with one attached hydrogen (secondary N) is 1. The second kappa shape index (κ2) is 7.67. The van der Waals surface area contributed by atoms with E-state index in [1.165, 1.54) is 0 Å². The lowest BCUT2D eigenvalue weighted by atomic mass is 10.1. The number of hydrogen-bond donors (Lipinski definition) is 1. The molecule has 1 amide bonds. The number of benzene rings is 1. The van der Waals surface area contributed by atoms with Crippen LogP contribution in [0.2, 0.25) is 0 Å². The van der Waals surface area contributed by atoms with Gasteiger partial charge in [0, 0.05) is 16.7 Å². The molecule has 0 spiro atoms. The third-order valence-corrected chi connectivity index (χ3v) is 6.62. The molecule has 1 aromatic heterocycles. The van der Waals surface area contributed by atoms with Gasteiger partial charge < -0.3 is 5.32 Å². The lowest BCUT2D eigenvalue weighted by Gasteiger charge is -2.18. The van der Waals surface area contributed by atoms with Crippen molar-refractivity contribution in [2.45, 2.75) is 51.8 Å². The van der Waals surface area contributed by atoms with Crippen LogP contribution in [0.1, 0.15) is 55.4 Å². The lowest BCUT2D eigenvalue weighted by molar-refractivity contribution is 0.102. The molecule has 0 bridgehead atoms. The SMILES string of the molecule is Cc1c(Br)cccc1NC(=O)c1cc2n(n1)CCC/C2=N\[S@@](=O)C(C)(C)C. The Labute approximate surface area is 170 Å². The van der Waals surface area contributed by atoms with Crippen molar-refractivity contribution < 1.29 is 9.00 Å². The largest absolute Gasteiger partial charge is 0.320 e. The van der Waals surface area contributed by atoms with Crippen molar-refractivity contribution in [3.63, 3.8) is 0 Å². The average molecular weight is 451 g/mol. The van der Waals surface area contributed by atoms with Gasteiger partial charge in [-0.25, -0.2) is 4.21 Å². The number of fused-ring (bicyclic) bond motifs is 1. The molecular weight excluding hydrogens is 428 g/mol. The van der Waals surface area contributed by atoms with Crippen LogP contribution >= 0.6 is 15.9 Å². The number of halogens is 1. The van der Waals surface area contributed by atoms with Crippen LogP contribution in [0.4, 0.5) is 5.69 Å². The van der Waals surface area contributed by atoms with E-state index in [9.17, 15) is 9.00 Å². The van der Waals surface area contributed by atoms with Gasteiger partial charge in [-0.3, -0.25) is 9.48 Å². The second-order valence-electron chi connectivity index (χ2n) is 7.51. The minimum absolute atomic E-state index is 0.269. The summed E-state index contributed by atoms with van der Waals surface area (Å²) < 4.78 is 19.1. The van der Waals surface area contributed by atoms with Gasteiger partial charge in [0.05, 0.1) is 16.2 Å². The molecule has 0 fully saturated rings. The molecule has 3 rings (SSSR count). The van der Waals surface area contributed by atoms with Crippen LogP contribution in [0.3, 0.4) is 0 Å². The van der Waals surface area contributed by atoms with Crippen LogP contribution in [-0.2, 0) is 17.5 Å². The van der Waals surface area contributed by atoms with Gasteiger partial charge in [0.1, 0.15) is 11.0 Å². The van der Waals surface area contributed by atoms with E-state index < -0.39 is 15.7 Å². The average Bonchev–Trinajstić information content (AvgIpc) is 3.03. The van der Waals surface area contributed by atoms with Crippen LogP contribution < -0.4 is 5.32 Å².